The normalized spacial score (nSPS) is 18.2. The van der Waals surface area contributed by atoms with Gasteiger partial charge in [-0.1, -0.05) is 0 Å². The molecule has 2 heterocycles. The third-order valence-electron chi connectivity index (χ3n) is 5.28. The molecule has 2 N–H and O–H groups in total. The fourth-order valence-corrected chi connectivity index (χ4v) is 3.69. The zero-order valence-corrected chi connectivity index (χ0v) is 15.6. The second-order valence-electron chi connectivity index (χ2n) is 6.90. The molecule has 2 aliphatic heterocycles. The van der Waals surface area contributed by atoms with Crippen LogP contribution in [0.4, 0.5) is 10.5 Å². The first-order valence-corrected chi connectivity index (χ1v) is 9.31. The summed E-state index contributed by atoms with van der Waals surface area (Å²) in [5.41, 5.74) is 1.26. The van der Waals surface area contributed by atoms with Crippen molar-refractivity contribution in [1.82, 2.24) is 15.5 Å². The molecule has 7 heteroatoms. The zero-order valence-electron chi connectivity index (χ0n) is 15.6. The molecule has 1 aromatic carbocycles. The van der Waals surface area contributed by atoms with E-state index in [9.17, 15) is 9.59 Å². The van der Waals surface area contributed by atoms with Gasteiger partial charge in [-0.3, -0.25) is 9.69 Å². The van der Waals surface area contributed by atoms with E-state index in [4.69, 9.17) is 4.74 Å². The lowest BCUT2D eigenvalue weighted by Gasteiger charge is -2.32. The average Bonchev–Trinajstić information content (AvgIpc) is 3.11. The Morgan fingerprint density at radius 2 is 2.08 bits per heavy atom. The predicted molar refractivity (Wildman–Crippen MR) is 101 cm³/mol. The minimum atomic E-state index is -0.154. The maximum Gasteiger partial charge on any atom is 0.322 e. The highest BCUT2D eigenvalue weighted by atomic mass is 16.5. The lowest BCUT2D eigenvalue weighted by molar-refractivity contribution is 0.0687. The van der Waals surface area contributed by atoms with Crippen LogP contribution in [0.5, 0.6) is 5.75 Å². The number of likely N-dealkylation sites (tertiary alicyclic amines) is 1. The number of carbonyl (C=O) groups is 2. The predicted octanol–water partition coefficient (Wildman–Crippen LogP) is 1.69. The molecule has 0 saturated carbocycles. The lowest BCUT2D eigenvalue weighted by Crippen LogP contribution is -2.39. The van der Waals surface area contributed by atoms with Crippen LogP contribution in [0.15, 0.2) is 18.2 Å². The molecule has 0 bridgehead atoms. The Labute approximate surface area is 154 Å². The van der Waals surface area contributed by atoms with E-state index in [0.29, 0.717) is 36.0 Å². The summed E-state index contributed by atoms with van der Waals surface area (Å²) < 4.78 is 5.39. The highest BCUT2D eigenvalue weighted by Gasteiger charge is 2.27. The van der Waals surface area contributed by atoms with Crippen molar-refractivity contribution in [1.29, 1.82) is 0 Å². The molecule has 0 radical (unpaired) electrons. The molecule has 0 spiro atoms. The van der Waals surface area contributed by atoms with E-state index >= 15 is 0 Å². The van der Waals surface area contributed by atoms with Gasteiger partial charge in [-0.25, -0.2) is 4.79 Å². The van der Waals surface area contributed by atoms with Crippen LogP contribution in [0, 0.1) is 5.92 Å². The number of anilines is 1. The number of nitrogens with one attached hydrogen (secondary N) is 2. The SMILES string of the molecule is CNCCC1CCN(C(=O)c2ccc(OC)c(N3CCNC3=O)c2)CC1. The first-order valence-electron chi connectivity index (χ1n) is 9.31. The molecule has 3 amide bonds. The number of carbonyl (C=O) groups excluding carboxylic acids is 2. The Morgan fingerprint density at radius 1 is 1.31 bits per heavy atom. The summed E-state index contributed by atoms with van der Waals surface area (Å²) in [6.07, 6.45) is 3.26. The number of nitrogens with zero attached hydrogens (tertiary/aromatic N) is 2. The number of hydrogen-bond acceptors (Lipinski definition) is 4. The van der Waals surface area contributed by atoms with Crippen molar-refractivity contribution in [3.8, 4) is 5.75 Å². The van der Waals surface area contributed by atoms with Gasteiger partial charge in [-0.15, -0.1) is 0 Å². The van der Waals surface area contributed by atoms with Crippen LogP contribution in [-0.4, -0.2) is 63.7 Å². The van der Waals surface area contributed by atoms with E-state index in [1.54, 1.807) is 30.2 Å². The van der Waals surface area contributed by atoms with E-state index in [-0.39, 0.29) is 11.9 Å². The minimum Gasteiger partial charge on any atom is -0.495 e. The van der Waals surface area contributed by atoms with E-state index in [1.807, 2.05) is 11.9 Å². The maximum atomic E-state index is 12.9. The molecule has 3 rings (SSSR count). The van der Waals surface area contributed by atoms with Gasteiger partial charge in [-0.2, -0.15) is 0 Å². The smallest absolute Gasteiger partial charge is 0.322 e. The van der Waals surface area contributed by atoms with Crippen molar-refractivity contribution in [2.75, 3.05) is 51.8 Å². The van der Waals surface area contributed by atoms with Gasteiger partial charge in [-0.05, 0) is 57.0 Å². The first kappa shape index (κ1) is 18.5. The molecule has 1 aromatic rings. The number of rotatable bonds is 6. The Kier molecular flexibility index (Phi) is 5.98. The molecule has 0 unspecified atom stereocenters. The summed E-state index contributed by atoms with van der Waals surface area (Å²) >= 11 is 0. The van der Waals surface area contributed by atoms with Gasteiger partial charge >= 0.3 is 6.03 Å². The Hall–Kier alpha value is -2.28. The summed E-state index contributed by atoms with van der Waals surface area (Å²) in [7, 11) is 3.55. The van der Waals surface area contributed by atoms with E-state index in [1.165, 1.54) is 0 Å². The molecule has 2 fully saturated rings. The number of methoxy groups -OCH3 is 1. The van der Waals surface area contributed by atoms with E-state index in [2.05, 4.69) is 10.6 Å². The summed E-state index contributed by atoms with van der Waals surface area (Å²) in [6.45, 7) is 3.78. The van der Waals surface area contributed by atoms with E-state index < -0.39 is 0 Å². The summed E-state index contributed by atoms with van der Waals surface area (Å²) in [6, 6.07) is 5.18. The molecule has 0 atom stereocenters. The first-order chi connectivity index (χ1) is 12.6. The second kappa shape index (κ2) is 8.40. The largest absolute Gasteiger partial charge is 0.495 e. The highest BCUT2D eigenvalue weighted by molar-refractivity contribution is 5.99. The van der Waals surface area contributed by atoms with Crippen LogP contribution in [0.3, 0.4) is 0 Å². The number of piperidine rings is 1. The van der Waals surface area contributed by atoms with E-state index in [0.717, 1.165) is 38.9 Å². The molecular weight excluding hydrogens is 332 g/mol. The monoisotopic (exact) mass is 360 g/mol. The van der Waals surface area contributed by atoms with Crippen molar-refractivity contribution < 1.29 is 14.3 Å². The standard InChI is InChI=1S/C19H28N4O3/c1-20-8-5-14-6-10-22(11-7-14)18(24)15-3-4-17(26-2)16(13-15)23-12-9-21-19(23)25/h3-4,13-14,20H,5-12H2,1-2H3,(H,21,25). The Bertz CT molecular complexity index is 656. The van der Waals surface area contributed by atoms with Gasteiger partial charge < -0.3 is 20.3 Å². The quantitative estimate of drug-likeness (QED) is 0.810. The lowest BCUT2D eigenvalue weighted by atomic mass is 9.93. The minimum absolute atomic E-state index is 0.0283. The van der Waals surface area contributed by atoms with Crippen molar-refractivity contribution in [3.63, 3.8) is 0 Å². The van der Waals surface area contributed by atoms with Gasteiger partial charge in [0.2, 0.25) is 0 Å². The van der Waals surface area contributed by atoms with Gasteiger partial charge in [0.25, 0.3) is 5.91 Å². The van der Waals surface area contributed by atoms with Crippen LogP contribution < -0.4 is 20.3 Å². The van der Waals surface area contributed by atoms with Gasteiger partial charge in [0.05, 0.1) is 12.8 Å². The van der Waals surface area contributed by atoms with Crippen molar-refractivity contribution >= 4 is 17.6 Å². The number of urea groups is 1. The van der Waals surface area contributed by atoms with Gasteiger partial charge in [0.1, 0.15) is 5.75 Å². The van der Waals surface area contributed by atoms with Crippen LogP contribution >= 0.6 is 0 Å². The second-order valence-corrected chi connectivity index (χ2v) is 6.90. The maximum absolute atomic E-state index is 12.9. The summed E-state index contributed by atoms with van der Waals surface area (Å²) in [5.74, 6) is 1.32. The van der Waals surface area contributed by atoms with Gasteiger partial charge in [0.15, 0.2) is 0 Å². The van der Waals surface area contributed by atoms with Crippen LogP contribution in [-0.2, 0) is 0 Å². The third kappa shape index (κ3) is 3.93. The molecular formula is C19H28N4O3. The summed E-state index contributed by atoms with van der Waals surface area (Å²) in [4.78, 5) is 28.5. The zero-order chi connectivity index (χ0) is 18.5. The van der Waals surface area contributed by atoms with Crippen molar-refractivity contribution in [2.45, 2.75) is 19.3 Å². The van der Waals surface area contributed by atoms with Crippen LogP contribution in [0.1, 0.15) is 29.6 Å². The molecule has 26 heavy (non-hydrogen) atoms. The van der Waals surface area contributed by atoms with Crippen LogP contribution in [0.2, 0.25) is 0 Å². The van der Waals surface area contributed by atoms with Crippen LogP contribution in [0.25, 0.3) is 0 Å². The average molecular weight is 360 g/mol. The fourth-order valence-electron chi connectivity index (χ4n) is 3.69. The summed E-state index contributed by atoms with van der Waals surface area (Å²) in [5, 5.41) is 5.98. The van der Waals surface area contributed by atoms with Crippen molar-refractivity contribution in [2.24, 2.45) is 5.92 Å². The molecule has 7 nitrogen and oxygen atoms in total. The molecule has 0 aliphatic carbocycles. The topological polar surface area (TPSA) is 73.9 Å². The highest BCUT2D eigenvalue weighted by Crippen LogP contribution is 2.31. The number of ether oxygens (including phenoxy) is 1. The fraction of sp³-hybridized carbons (Fsp3) is 0.579. The number of amides is 3. The number of hydrogen-bond donors (Lipinski definition) is 2. The molecule has 2 saturated heterocycles. The molecule has 0 aromatic heterocycles. The molecule has 142 valence electrons. The Balaban J connectivity index is 1.71. The van der Waals surface area contributed by atoms with Gasteiger partial charge in [0, 0.05) is 31.7 Å². The Morgan fingerprint density at radius 3 is 2.69 bits per heavy atom. The van der Waals surface area contributed by atoms with Crippen molar-refractivity contribution in [3.05, 3.63) is 23.8 Å². The number of benzene rings is 1. The molecule has 2 aliphatic rings. The third-order valence-corrected chi connectivity index (χ3v) is 5.28.